The molecule has 0 spiro atoms. The van der Waals surface area contributed by atoms with Gasteiger partial charge in [0, 0.05) is 11.6 Å². The molecule has 0 radical (unpaired) electrons. The average molecular weight is 235 g/mol. The molecule has 17 heavy (non-hydrogen) atoms. The highest BCUT2D eigenvalue weighted by molar-refractivity contribution is 5.43. The van der Waals surface area contributed by atoms with E-state index in [4.69, 9.17) is 10.5 Å². The van der Waals surface area contributed by atoms with Gasteiger partial charge < -0.3 is 10.5 Å². The summed E-state index contributed by atoms with van der Waals surface area (Å²) in [5.41, 5.74) is 10.1. The van der Waals surface area contributed by atoms with Crippen LogP contribution in [0.25, 0.3) is 0 Å². The first-order chi connectivity index (χ1) is 8.04. The van der Waals surface area contributed by atoms with E-state index < -0.39 is 0 Å². The normalized spacial score (nSPS) is 12.9. The summed E-state index contributed by atoms with van der Waals surface area (Å²) in [5.74, 6) is 1.44. The van der Waals surface area contributed by atoms with Crippen LogP contribution in [-0.4, -0.2) is 7.11 Å². The van der Waals surface area contributed by atoms with Crippen LogP contribution in [0, 0.1) is 19.8 Å². The van der Waals surface area contributed by atoms with Gasteiger partial charge in [0.25, 0.3) is 0 Å². The molecule has 0 heterocycles. The van der Waals surface area contributed by atoms with Crippen molar-refractivity contribution >= 4 is 0 Å². The molecule has 2 heteroatoms. The molecule has 1 aromatic rings. The van der Waals surface area contributed by atoms with Crippen LogP contribution in [0.15, 0.2) is 12.1 Å². The van der Waals surface area contributed by atoms with Crippen molar-refractivity contribution in [2.24, 2.45) is 11.7 Å². The summed E-state index contributed by atoms with van der Waals surface area (Å²) in [6, 6.07) is 4.34. The molecule has 0 saturated carbocycles. The fourth-order valence-electron chi connectivity index (χ4n) is 2.30. The number of hydrogen-bond acceptors (Lipinski definition) is 2. The Balaban J connectivity index is 3.15. The van der Waals surface area contributed by atoms with Crippen LogP contribution in [0.2, 0.25) is 0 Å². The van der Waals surface area contributed by atoms with Crippen LogP contribution >= 0.6 is 0 Å². The van der Waals surface area contributed by atoms with Crippen molar-refractivity contribution in [2.45, 2.75) is 46.6 Å². The average Bonchev–Trinajstić information content (AvgIpc) is 2.33. The van der Waals surface area contributed by atoms with Crippen LogP contribution in [0.5, 0.6) is 5.75 Å². The lowest BCUT2D eigenvalue weighted by molar-refractivity contribution is 0.371. The first kappa shape index (κ1) is 14.0. The zero-order valence-corrected chi connectivity index (χ0v) is 11.7. The van der Waals surface area contributed by atoms with Crippen LogP contribution in [0.1, 0.15) is 49.4 Å². The van der Waals surface area contributed by atoms with E-state index in [9.17, 15) is 0 Å². The molecule has 1 atom stereocenters. The van der Waals surface area contributed by atoms with Gasteiger partial charge in [0.15, 0.2) is 0 Å². The molecule has 0 bridgehead atoms. The van der Waals surface area contributed by atoms with Crippen LogP contribution in [-0.2, 0) is 0 Å². The SMILES string of the molecule is CCC(CC)C(N)c1cc(C)c(C)cc1OC. The smallest absolute Gasteiger partial charge is 0.123 e. The minimum absolute atomic E-state index is 0.0687. The van der Waals surface area contributed by atoms with E-state index in [0.717, 1.165) is 24.2 Å². The molecule has 1 unspecified atom stereocenters. The third-order valence-electron chi connectivity index (χ3n) is 3.76. The van der Waals surface area contributed by atoms with E-state index in [-0.39, 0.29) is 6.04 Å². The van der Waals surface area contributed by atoms with Gasteiger partial charge in [0.1, 0.15) is 5.75 Å². The molecule has 1 rings (SSSR count). The lowest BCUT2D eigenvalue weighted by Gasteiger charge is -2.24. The maximum atomic E-state index is 6.38. The van der Waals surface area contributed by atoms with E-state index in [1.807, 2.05) is 0 Å². The van der Waals surface area contributed by atoms with Gasteiger partial charge in [-0.2, -0.15) is 0 Å². The van der Waals surface area contributed by atoms with Crippen molar-refractivity contribution in [2.75, 3.05) is 7.11 Å². The number of rotatable bonds is 5. The number of aryl methyl sites for hydroxylation is 2. The third kappa shape index (κ3) is 3.01. The van der Waals surface area contributed by atoms with Crippen molar-refractivity contribution in [3.05, 3.63) is 28.8 Å². The molecule has 1 aromatic carbocycles. The van der Waals surface area contributed by atoms with Crippen LogP contribution in [0.3, 0.4) is 0 Å². The monoisotopic (exact) mass is 235 g/mol. The third-order valence-corrected chi connectivity index (χ3v) is 3.76. The summed E-state index contributed by atoms with van der Waals surface area (Å²) in [6.45, 7) is 8.62. The summed E-state index contributed by atoms with van der Waals surface area (Å²) in [6.07, 6.45) is 2.21. The van der Waals surface area contributed by atoms with Gasteiger partial charge in [0.2, 0.25) is 0 Å². The topological polar surface area (TPSA) is 35.2 Å². The van der Waals surface area contributed by atoms with Gasteiger partial charge in [0.05, 0.1) is 7.11 Å². The molecule has 0 amide bonds. The molecular weight excluding hydrogens is 210 g/mol. The van der Waals surface area contributed by atoms with Gasteiger partial charge in [-0.05, 0) is 37.0 Å². The number of methoxy groups -OCH3 is 1. The second-order valence-corrected chi connectivity index (χ2v) is 4.78. The summed E-state index contributed by atoms with van der Waals surface area (Å²) in [7, 11) is 1.72. The minimum Gasteiger partial charge on any atom is -0.496 e. The second kappa shape index (κ2) is 6.06. The molecule has 2 N–H and O–H groups in total. The second-order valence-electron chi connectivity index (χ2n) is 4.78. The Morgan fingerprint density at radius 2 is 1.65 bits per heavy atom. The zero-order valence-electron chi connectivity index (χ0n) is 11.7. The van der Waals surface area contributed by atoms with Crippen LogP contribution < -0.4 is 10.5 Å². The lowest BCUT2D eigenvalue weighted by atomic mass is 9.88. The van der Waals surface area contributed by atoms with Crippen LogP contribution in [0.4, 0.5) is 0 Å². The summed E-state index contributed by atoms with van der Waals surface area (Å²) in [5, 5.41) is 0. The van der Waals surface area contributed by atoms with E-state index in [2.05, 4.69) is 39.8 Å². The lowest BCUT2D eigenvalue weighted by Crippen LogP contribution is -2.21. The minimum atomic E-state index is 0.0687. The maximum Gasteiger partial charge on any atom is 0.123 e. The van der Waals surface area contributed by atoms with Gasteiger partial charge in [-0.3, -0.25) is 0 Å². The highest BCUT2D eigenvalue weighted by Gasteiger charge is 2.20. The molecule has 0 aliphatic rings. The molecule has 0 aliphatic heterocycles. The molecule has 96 valence electrons. The standard InChI is InChI=1S/C15H25NO/c1-6-12(7-2)15(16)13-8-10(3)11(4)9-14(13)17-5/h8-9,12,15H,6-7,16H2,1-5H3. The van der Waals surface area contributed by atoms with Crippen molar-refractivity contribution in [1.29, 1.82) is 0 Å². The number of hydrogen-bond donors (Lipinski definition) is 1. The number of ether oxygens (including phenoxy) is 1. The molecule has 0 aromatic heterocycles. The molecule has 0 saturated heterocycles. The van der Waals surface area contributed by atoms with Gasteiger partial charge in [-0.15, -0.1) is 0 Å². The first-order valence-electron chi connectivity index (χ1n) is 6.45. The summed E-state index contributed by atoms with van der Waals surface area (Å²) < 4.78 is 5.46. The van der Waals surface area contributed by atoms with E-state index in [1.54, 1.807) is 7.11 Å². The molecule has 0 aliphatic carbocycles. The van der Waals surface area contributed by atoms with Crippen molar-refractivity contribution in [1.82, 2.24) is 0 Å². The van der Waals surface area contributed by atoms with Crippen molar-refractivity contribution < 1.29 is 4.74 Å². The highest BCUT2D eigenvalue weighted by atomic mass is 16.5. The Hall–Kier alpha value is -1.02. The molecule has 2 nitrogen and oxygen atoms in total. The first-order valence-corrected chi connectivity index (χ1v) is 6.45. The van der Waals surface area contributed by atoms with Gasteiger partial charge >= 0.3 is 0 Å². The van der Waals surface area contributed by atoms with Crippen molar-refractivity contribution in [3.8, 4) is 5.75 Å². The Morgan fingerprint density at radius 1 is 1.12 bits per heavy atom. The number of nitrogens with two attached hydrogens (primary N) is 1. The zero-order chi connectivity index (χ0) is 13.0. The molecule has 0 fully saturated rings. The summed E-state index contributed by atoms with van der Waals surface area (Å²) in [4.78, 5) is 0. The van der Waals surface area contributed by atoms with E-state index in [1.165, 1.54) is 11.1 Å². The number of benzene rings is 1. The van der Waals surface area contributed by atoms with Gasteiger partial charge in [-0.1, -0.05) is 32.8 Å². The van der Waals surface area contributed by atoms with E-state index in [0.29, 0.717) is 5.92 Å². The fraction of sp³-hybridized carbons (Fsp3) is 0.600. The summed E-state index contributed by atoms with van der Waals surface area (Å²) >= 11 is 0. The highest BCUT2D eigenvalue weighted by Crippen LogP contribution is 2.33. The largest absolute Gasteiger partial charge is 0.496 e. The van der Waals surface area contributed by atoms with Gasteiger partial charge in [-0.25, -0.2) is 0 Å². The fourth-order valence-corrected chi connectivity index (χ4v) is 2.30. The van der Waals surface area contributed by atoms with E-state index >= 15 is 0 Å². The Labute approximate surface area is 105 Å². The predicted molar refractivity (Wildman–Crippen MR) is 73.5 cm³/mol. The Kier molecular flexibility index (Phi) is 5.01. The predicted octanol–water partition coefficient (Wildman–Crippen LogP) is 3.75. The quantitative estimate of drug-likeness (QED) is 0.843. The Bertz CT molecular complexity index is 369. The maximum absolute atomic E-state index is 6.38. The van der Waals surface area contributed by atoms with Crippen molar-refractivity contribution in [3.63, 3.8) is 0 Å². The molecular formula is C15H25NO. The Morgan fingerprint density at radius 3 is 2.12 bits per heavy atom.